The molecular formula is C12H20N4. The second kappa shape index (κ2) is 5.25. The van der Waals surface area contributed by atoms with Crippen LogP contribution in [0.25, 0.3) is 0 Å². The Kier molecular flexibility index (Phi) is 3.72. The van der Waals surface area contributed by atoms with Gasteiger partial charge in [0, 0.05) is 19.1 Å². The second-order valence-electron chi connectivity index (χ2n) is 4.42. The third-order valence-corrected chi connectivity index (χ3v) is 3.17. The first-order valence-electron chi connectivity index (χ1n) is 6.04. The molecule has 1 N–H and O–H groups in total. The molecule has 1 aliphatic carbocycles. The molecule has 1 aromatic rings. The highest BCUT2D eigenvalue weighted by atomic mass is 15.1. The number of aromatic nitrogens is 2. The third kappa shape index (κ3) is 2.70. The molecule has 2 rings (SSSR count). The predicted molar refractivity (Wildman–Crippen MR) is 65.3 cm³/mol. The van der Waals surface area contributed by atoms with E-state index in [0.717, 1.165) is 30.6 Å². The summed E-state index contributed by atoms with van der Waals surface area (Å²) in [6.45, 7) is 3.85. The molecule has 0 unspecified atom stereocenters. The summed E-state index contributed by atoms with van der Waals surface area (Å²) in [5, 5.41) is 3.15. The molecule has 0 saturated heterocycles. The molecular weight excluding hydrogens is 200 g/mol. The van der Waals surface area contributed by atoms with Crippen molar-refractivity contribution in [1.29, 1.82) is 0 Å². The summed E-state index contributed by atoms with van der Waals surface area (Å²) >= 11 is 0. The van der Waals surface area contributed by atoms with E-state index in [4.69, 9.17) is 0 Å². The van der Waals surface area contributed by atoms with Gasteiger partial charge in [0.2, 0.25) is 0 Å². The van der Waals surface area contributed by atoms with Crippen LogP contribution in [0.3, 0.4) is 0 Å². The maximum Gasteiger partial charge on any atom is 0.144 e. The molecule has 0 atom stereocenters. The maximum absolute atomic E-state index is 4.41. The number of rotatable bonds is 5. The molecule has 1 fully saturated rings. The van der Waals surface area contributed by atoms with Gasteiger partial charge in [-0.15, -0.1) is 0 Å². The Hall–Kier alpha value is -1.16. The van der Waals surface area contributed by atoms with Crippen LogP contribution in [0.5, 0.6) is 0 Å². The van der Waals surface area contributed by atoms with Crippen molar-refractivity contribution in [3.63, 3.8) is 0 Å². The van der Waals surface area contributed by atoms with Crippen molar-refractivity contribution < 1.29 is 0 Å². The molecule has 0 aliphatic heterocycles. The van der Waals surface area contributed by atoms with Gasteiger partial charge in [0.25, 0.3) is 0 Å². The van der Waals surface area contributed by atoms with Crippen molar-refractivity contribution in [3.05, 3.63) is 18.1 Å². The molecule has 0 amide bonds. The van der Waals surface area contributed by atoms with Crippen molar-refractivity contribution in [2.75, 3.05) is 18.9 Å². The quantitative estimate of drug-likeness (QED) is 0.822. The lowest BCUT2D eigenvalue weighted by Gasteiger charge is -2.34. The summed E-state index contributed by atoms with van der Waals surface area (Å²) in [5.41, 5.74) is 1.05. The van der Waals surface area contributed by atoms with Crippen LogP contribution in [-0.4, -0.2) is 34.5 Å². The van der Waals surface area contributed by atoms with E-state index in [1.807, 2.05) is 12.4 Å². The lowest BCUT2D eigenvalue weighted by atomic mass is 9.92. The molecule has 88 valence electrons. The predicted octanol–water partition coefficient (Wildman–Crippen LogP) is 1.89. The molecule has 1 aliphatic rings. The topological polar surface area (TPSA) is 41.1 Å². The smallest absolute Gasteiger partial charge is 0.144 e. The highest BCUT2D eigenvalue weighted by Crippen LogP contribution is 2.24. The summed E-state index contributed by atoms with van der Waals surface area (Å²) in [6, 6.07) is 0.759. The minimum atomic E-state index is 0.759. The Morgan fingerprint density at radius 3 is 2.69 bits per heavy atom. The molecule has 0 radical (unpaired) electrons. The van der Waals surface area contributed by atoms with Crippen molar-refractivity contribution in [2.45, 2.75) is 38.8 Å². The van der Waals surface area contributed by atoms with Gasteiger partial charge >= 0.3 is 0 Å². The number of hydrogen-bond donors (Lipinski definition) is 1. The van der Waals surface area contributed by atoms with Crippen molar-refractivity contribution in [1.82, 2.24) is 14.9 Å². The van der Waals surface area contributed by atoms with Gasteiger partial charge in [-0.05, 0) is 26.8 Å². The number of nitrogens with zero attached hydrogens (tertiary/aromatic N) is 3. The Labute approximate surface area is 97.1 Å². The Balaban J connectivity index is 1.88. The monoisotopic (exact) mass is 220 g/mol. The SMILES string of the molecule is CCNc1cnc(CN(C)C2CCC2)cn1. The van der Waals surface area contributed by atoms with Crippen LogP contribution >= 0.6 is 0 Å². The molecule has 4 heteroatoms. The van der Waals surface area contributed by atoms with Gasteiger partial charge in [-0.1, -0.05) is 6.42 Å². The fourth-order valence-corrected chi connectivity index (χ4v) is 1.92. The summed E-state index contributed by atoms with van der Waals surface area (Å²) in [5.74, 6) is 0.859. The van der Waals surface area contributed by atoms with Gasteiger partial charge in [0.1, 0.15) is 5.82 Å². The average Bonchev–Trinajstić information content (AvgIpc) is 2.18. The van der Waals surface area contributed by atoms with Crippen molar-refractivity contribution >= 4 is 5.82 Å². The van der Waals surface area contributed by atoms with Gasteiger partial charge < -0.3 is 5.32 Å². The van der Waals surface area contributed by atoms with Crippen LogP contribution in [0, 0.1) is 0 Å². The second-order valence-corrected chi connectivity index (χ2v) is 4.42. The van der Waals surface area contributed by atoms with E-state index in [-0.39, 0.29) is 0 Å². The lowest BCUT2D eigenvalue weighted by molar-refractivity contribution is 0.151. The highest BCUT2D eigenvalue weighted by molar-refractivity contribution is 5.30. The fraction of sp³-hybridized carbons (Fsp3) is 0.667. The first-order chi connectivity index (χ1) is 7.79. The van der Waals surface area contributed by atoms with Crippen LogP contribution in [0.1, 0.15) is 31.9 Å². The van der Waals surface area contributed by atoms with E-state index in [2.05, 4.69) is 34.2 Å². The Bertz CT molecular complexity index is 318. The van der Waals surface area contributed by atoms with E-state index >= 15 is 0 Å². The zero-order valence-corrected chi connectivity index (χ0v) is 10.1. The summed E-state index contributed by atoms with van der Waals surface area (Å²) in [6.07, 6.45) is 7.72. The van der Waals surface area contributed by atoms with E-state index in [1.165, 1.54) is 19.3 Å². The van der Waals surface area contributed by atoms with E-state index in [0.29, 0.717) is 0 Å². The van der Waals surface area contributed by atoms with Gasteiger partial charge in [0.05, 0.1) is 18.1 Å². The molecule has 0 spiro atoms. The zero-order chi connectivity index (χ0) is 11.4. The molecule has 1 aromatic heterocycles. The van der Waals surface area contributed by atoms with Crippen LogP contribution in [-0.2, 0) is 6.54 Å². The van der Waals surface area contributed by atoms with Crippen LogP contribution in [0.4, 0.5) is 5.82 Å². The van der Waals surface area contributed by atoms with Gasteiger partial charge in [-0.2, -0.15) is 0 Å². The first-order valence-corrected chi connectivity index (χ1v) is 6.04. The number of anilines is 1. The van der Waals surface area contributed by atoms with Crippen molar-refractivity contribution in [2.24, 2.45) is 0 Å². The lowest BCUT2D eigenvalue weighted by Crippen LogP contribution is -2.36. The van der Waals surface area contributed by atoms with Gasteiger partial charge in [-0.3, -0.25) is 9.88 Å². The standard InChI is InChI=1S/C12H20N4/c1-3-13-12-8-14-10(7-15-12)9-16(2)11-5-4-6-11/h7-8,11H,3-6,9H2,1-2H3,(H,13,15). The molecule has 0 bridgehead atoms. The third-order valence-electron chi connectivity index (χ3n) is 3.17. The normalized spacial score (nSPS) is 16.2. The minimum absolute atomic E-state index is 0.759. The molecule has 0 aromatic carbocycles. The van der Waals surface area contributed by atoms with Crippen LogP contribution in [0.2, 0.25) is 0 Å². The zero-order valence-electron chi connectivity index (χ0n) is 10.1. The highest BCUT2D eigenvalue weighted by Gasteiger charge is 2.21. The van der Waals surface area contributed by atoms with E-state index in [9.17, 15) is 0 Å². The van der Waals surface area contributed by atoms with E-state index in [1.54, 1.807) is 0 Å². The first kappa shape index (κ1) is 11.3. The minimum Gasteiger partial charge on any atom is -0.369 e. The summed E-state index contributed by atoms with van der Waals surface area (Å²) < 4.78 is 0. The summed E-state index contributed by atoms with van der Waals surface area (Å²) in [4.78, 5) is 11.1. The largest absolute Gasteiger partial charge is 0.369 e. The van der Waals surface area contributed by atoms with Crippen molar-refractivity contribution in [3.8, 4) is 0 Å². The van der Waals surface area contributed by atoms with Gasteiger partial charge in [0.15, 0.2) is 0 Å². The molecule has 1 saturated carbocycles. The molecule has 1 heterocycles. The van der Waals surface area contributed by atoms with Crippen LogP contribution < -0.4 is 5.32 Å². The number of hydrogen-bond acceptors (Lipinski definition) is 4. The van der Waals surface area contributed by atoms with E-state index < -0.39 is 0 Å². The molecule has 4 nitrogen and oxygen atoms in total. The molecule has 16 heavy (non-hydrogen) atoms. The van der Waals surface area contributed by atoms with Crippen LogP contribution in [0.15, 0.2) is 12.4 Å². The Morgan fingerprint density at radius 1 is 1.38 bits per heavy atom. The summed E-state index contributed by atoms with van der Waals surface area (Å²) in [7, 11) is 2.17. The Morgan fingerprint density at radius 2 is 2.19 bits per heavy atom. The van der Waals surface area contributed by atoms with Gasteiger partial charge in [-0.25, -0.2) is 4.98 Å². The number of nitrogens with one attached hydrogen (secondary N) is 1. The maximum atomic E-state index is 4.41. The average molecular weight is 220 g/mol. The fourth-order valence-electron chi connectivity index (χ4n) is 1.92.